The third kappa shape index (κ3) is 5.15. The first-order chi connectivity index (χ1) is 14.9. The van der Waals surface area contributed by atoms with Crippen molar-refractivity contribution in [1.82, 2.24) is 14.3 Å². The average Bonchev–Trinajstić information content (AvgIpc) is 3.32. The molecule has 10 heteroatoms. The Bertz CT molecular complexity index is 1150. The molecule has 0 spiro atoms. The second-order valence-electron chi connectivity index (χ2n) is 7.23. The van der Waals surface area contributed by atoms with Gasteiger partial charge < -0.3 is 5.32 Å². The average molecular weight is 475 g/mol. The quantitative estimate of drug-likeness (QED) is 0.542. The van der Waals surface area contributed by atoms with Crippen molar-refractivity contribution in [3.05, 3.63) is 59.7 Å². The molecule has 2 aromatic heterocycles. The van der Waals surface area contributed by atoms with Crippen molar-refractivity contribution in [3.63, 3.8) is 0 Å². The molecule has 1 unspecified atom stereocenters. The van der Waals surface area contributed by atoms with E-state index < -0.39 is 10.0 Å². The maximum absolute atomic E-state index is 12.9. The number of piperidine rings is 1. The number of hydrogen-bond donors (Lipinski definition) is 1. The van der Waals surface area contributed by atoms with Gasteiger partial charge in [0.2, 0.25) is 5.91 Å². The van der Waals surface area contributed by atoms with Crippen LogP contribution in [0.5, 0.6) is 0 Å². The smallest absolute Gasteiger partial charge is 0.252 e. The normalized spacial score (nSPS) is 17.4. The molecule has 0 saturated carbocycles. The Labute approximate surface area is 190 Å². The van der Waals surface area contributed by atoms with Crippen LogP contribution < -0.4 is 5.32 Å². The lowest BCUT2D eigenvalue weighted by molar-refractivity contribution is -0.120. The molecule has 1 atom stereocenters. The highest BCUT2D eigenvalue weighted by Crippen LogP contribution is 2.30. The van der Waals surface area contributed by atoms with Crippen LogP contribution in [0.15, 0.2) is 68.4 Å². The summed E-state index contributed by atoms with van der Waals surface area (Å²) in [5.74, 6) is -0.532. The summed E-state index contributed by atoms with van der Waals surface area (Å²) < 4.78 is 27.4. The standard InChI is InChI=1S/C21H22N4O3S3/c1-15-13-17(30-21-22-9-4-10-23-21)7-8-18(15)24-20(26)16-5-2-11-25(14-16)31(27,28)19-6-3-12-29-19/h3-4,6-10,12-13,16H,2,5,11,14H2,1H3,(H,24,26). The van der Waals surface area contributed by atoms with Crippen LogP contribution in [-0.4, -0.2) is 41.7 Å². The van der Waals surface area contributed by atoms with E-state index in [1.165, 1.54) is 27.4 Å². The first-order valence-electron chi connectivity index (χ1n) is 9.83. The number of anilines is 1. The molecule has 1 saturated heterocycles. The lowest BCUT2D eigenvalue weighted by Crippen LogP contribution is -2.43. The summed E-state index contributed by atoms with van der Waals surface area (Å²) in [6.45, 7) is 2.57. The number of thiophene rings is 1. The van der Waals surface area contributed by atoms with Crippen LogP contribution in [0, 0.1) is 12.8 Å². The Morgan fingerprint density at radius 2 is 2.03 bits per heavy atom. The minimum Gasteiger partial charge on any atom is -0.326 e. The van der Waals surface area contributed by atoms with E-state index in [0.29, 0.717) is 28.8 Å². The fourth-order valence-electron chi connectivity index (χ4n) is 3.43. The molecular weight excluding hydrogens is 452 g/mol. The van der Waals surface area contributed by atoms with E-state index >= 15 is 0 Å². The number of aromatic nitrogens is 2. The van der Waals surface area contributed by atoms with E-state index in [9.17, 15) is 13.2 Å². The fourth-order valence-corrected chi connectivity index (χ4v) is 6.91. The number of nitrogens with one attached hydrogen (secondary N) is 1. The van der Waals surface area contributed by atoms with Gasteiger partial charge >= 0.3 is 0 Å². The Balaban J connectivity index is 1.42. The summed E-state index contributed by atoms with van der Waals surface area (Å²) in [4.78, 5) is 22.3. The van der Waals surface area contributed by atoms with E-state index in [1.807, 2.05) is 25.1 Å². The van der Waals surface area contributed by atoms with E-state index in [2.05, 4.69) is 15.3 Å². The van der Waals surface area contributed by atoms with Crippen LogP contribution in [0.3, 0.4) is 0 Å². The van der Waals surface area contributed by atoms with Gasteiger partial charge in [0.15, 0.2) is 5.16 Å². The minimum absolute atomic E-state index is 0.152. The third-order valence-electron chi connectivity index (χ3n) is 5.05. The molecule has 1 aliphatic heterocycles. The van der Waals surface area contributed by atoms with Gasteiger partial charge in [0.1, 0.15) is 4.21 Å². The molecule has 1 N–H and O–H groups in total. The maximum atomic E-state index is 12.9. The topological polar surface area (TPSA) is 92.3 Å². The zero-order valence-corrected chi connectivity index (χ0v) is 19.3. The van der Waals surface area contributed by atoms with Gasteiger partial charge in [-0.25, -0.2) is 18.4 Å². The molecule has 31 heavy (non-hydrogen) atoms. The number of carbonyl (C=O) groups excluding carboxylic acids is 1. The number of amides is 1. The Morgan fingerprint density at radius 1 is 1.23 bits per heavy atom. The Morgan fingerprint density at radius 3 is 2.74 bits per heavy atom. The summed E-state index contributed by atoms with van der Waals surface area (Å²) in [6, 6.07) is 10.9. The first kappa shape index (κ1) is 21.9. The SMILES string of the molecule is Cc1cc(Sc2ncccn2)ccc1NC(=O)C1CCCN(S(=O)(=O)c2cccs2)C1. The molecule has 162 valence electrons. The van der Waals surface area contributed by atoms with Crippen LogP contribution in [0.4, 0.5) is 5.69 Å². The van der Waals surface area contributed by atoms with Crippen molar-refractivity contribution in [2.24, 2.45) is 5.92 Å². The maximum Gasteiger partial charge on any atom is 0.252 e. The highest BCUT2D eigenvalue weighted by Gasteiger charge is 2.33. The number of carbonyl (C=O) groups is 1. The van der Waals surface area contributed by atoms with Gasteiger partial charge in [-0.3, -0.25) is 4.79 Å². The lowest BCUT2D eigenvalue weighted by Gasteiger charge is -2.31. The molecule has 1 amide bonds. The number of aryl methyl sites for hydroxylation is 1. The summed E-state index contributed by atoms with van der Waals surface area (Å²) in [6.07, 6.45) is 4.72. The minimum atomic E-state index is -3.54. The molecular formula is C21H22N4O3S3. The summed E-state index contributed by atoms with van der Waals surface area (Å²) in [5, 5.41) is 5.39. The second-order valence-corrected chi connectivity index (χ2v) is 11.4. The second kappa shape index (κ2) is 9.47. The molecule has 3 aromatic rings. The van der Waals surface area contributed by atoms with E-state index in [4.69, 9.17) is 0 Å². The number of benzene rings is 1. The Hall–Kier alpha value is -2.27. The van der Waals surface area contributed by atoms with Gasteiger partial charge in [-0.2, -0.15) is 4.31 Å². The zero-order valence-electron chi connectivity index (χ0n) is 16.9. The van der Waals surface area contributed by atoms with Crippen LogP contribution in [0.2, 0.25) is 0 Å². The molecule has 7 nitrogen and oxygen atoms in total. The number of rotatable bonds is 6. The lowest BCUT2D eigenvalue weighted by atomic mass is 9.98. The van der Waals surface area contributed by atoms with Gasteiger partial charge in [-0.15, -0.1) is 11.3 Å². The molecule has 1 aromatic carbocycles. The van der Waals surface area contributed by atoms with Crippen LogP contribution in [0.1, 0.15) is 18.4 Å². The van der Waals surface area contributed by atoms with Gasteiger partial charge in [0, 0.05) is 36.1 Å². The zero-order chi connectivity index (χ0) is 21.8. The molecule has 1 fully saturated rings. The van der Waals surface area contributed by atoms with Crippen molar-refractivity contribution in [2.45, 2.75) is 34.0 Å². The summed E-state index contributed by atoms with van der Waals surface area (Å²) in [7, 11) is -3.54. The fraction of sp³-hybridized carbons (Fsp3) is 0.286. The number of nitrogens with zero attached hydrogens (tertiary/aromatic N) is 3. The molecule has 0 radical (unpaired) electrons. The molecule has 1 aliphatic rings. The van der Waals surface area contributed by atoms with Crippen LogP contribution in [-0.2, 0) is 14.8 Å². The van der Waals surface area contributed by atoms with Crippen molar-refractivity contribution >= 4 is 44.7 Å². The molecule has 0 bridgehead atoms. The predicted octanol–water partition coefficient (Wildman–Crippen LogP) is 4.04. The van der Waals surface area contributed by atoms with Crippen molar-refractivity contribution < 1.29 is 13.2 Å². The van der Waals surface area contributed by atoms with Crippen LogP contribution in [0.25, 0.3) is 0 Å². The summed E-state index contributed by atoms with van der Waals surface area (Å²) >= 11 is 2.65. The van der Waals surface area contributed by atoms with E-state index in [1.54, 1.807) is 36.0 Å². The Kier molecular flexibility index (Phi) is 6.71. The van der Waals surface area contributed by atoms with Gasteiger partial charge in [0.25, 0.3) is 10.0 Å². The number of sulfonamides is 1. The van der Waals surface area contributed by atoms with Gasteiger partial charge in [-0.1, -0.05) is 6.07 Å². The predicted molar refractivity (Wildman–Crippen MR) is 122 cm³/mol. The molecule has 3 heterocycles. The molecule has 4 rings (SSSR count). The van der Waals surface area contributed by atoms with Crippen LogP contribution >= 0.6 is 23.1 Å². The highest BCUT2D eigenvalue weighted by atomic mass is 32.2. The third-order valence-corrected chi connectivity index (χ3v) is 9.17. The first-order valence-corrected chi connectivity index (χ1v) is 13.0. The van der Waals surface area contributed by atoms with Crippen molar-refractivity contribution in [1.29, 1.82) is 0 Å². The van der Waals surface area contributed by atoms with Crippen molar-refractivity contribution in [2.75, 3.05) is 18.4 Å². The number of hydrogen-bond acceptors (Lipinski definition) is 7. The molecule has 0 aliphatic carbocycles. The van der Waals surface area contributed by atoms with Gasteiger partial charge in [0.05, 0.1) is 5.92 Å². The van der Waals surface area contributed by atoms with Crippen molar-refractivity contribution in [3.8, 4) is 0 Å². The largest absolute Gasteiger partial charge is 0.326 e. The highest BCUT2D eigenvalue weighted by molar-refractivity contribution is 7.99. The van der Waals surface area contributed by atoms with Gasteiger partial charge in [-0.05, 0) is 72.8 Å². The van der Waals surface area contributed by atoms with E-state index in [0.717, 1.165) is 16.1 Å². The summed E-state index contributed by atoms with van der Waals surface area (Å²) in [5.41, 5.74) is 1.65. The monoisotopic (exact) mass is 474 g/mol. The van der Waals surface area contributed by atoms with E-state index in [-0.39, 0.29) is 18.4 Å².